The fourth-order valence-corrected chi connectivity index (χ4v) is 2.99. The molecular formula is C17H17NOS. The number of benzene rings is 1. The molecule has 2 nitrogen and oxygen atoms in total. The molecule has 0 fully saturated rings. The molecule has 0 radical (unpaired) electrons. The number of rotatable bonds is 5. The van der Waals surface area contributed by atoms with Gasteiger partial charge in [-0.1, -0.05) is 30.3 Å². The third kappa shape index (κ3) is 3.00. The minimum atomic E-state index is 0.229. The van der Waals surface area contributed by atoms with Gasteiger partial charge in [-0.05, 0) is 41.6 Å². The molecule has 0 saturated carbocycles. The highest BCUT2D eigenvalue weighted by molar-refractivity contribution is 7.10. The first-order chi connectivity index (χ1) is 9.83. The maximum atomic E-state index is 5.40. The molecule has 0 aliphatic rings. The third-order valence-corrected chi connectivity index (χ3v) is 4.25. The molecule has 0 aliphatic heterocycles. The van der Waals surface area contributed by atoms with Gasteiger partial charge in [-0.25, -0.2) is 0 Å². The Morgan fingerprint density at radius 2 is 1.95 bits per heavy atom. The molecule has 0 unspecified atom stereocenters. The summed E-state index contributed by atoms with van der Waals surface area (Å²) in [6.07, 6.45) is 1.71. The van der Waals surface area contributed by atoms with Crippen LogP contribution < -0.4 is 5.32 Å². The molecule has 2 aromatic heterocycles. The van der Waals surface area contributed by atoms with Crippen molar-refractivity contribution in [2.45, 2.75) is 19.5 Å². The average Bonchev–Trinajstić information content (AvgIpc) is 3.17. The van der Waals surface area contributed by atoms with Crippen molar-refractivity contribution in [2.75, 3.05) is 0 Å². The Bertz CT molecular complexity index is 643. The van der Waals surface area contributed by atoms with Crippen LogP contribution in [0.4, 0.5) is 0 Å². The smallest absolute Gasteiger partial charge is 0.120 e. The summed E-state index contributed by atoms with van der Waals surface area (Å²) in [6.45, 7) is 2.98. The minimum Gasteiger partial charge on any atom is -0.468 e. The molecular weight excluding hydrogens is 266 g/mol. The fraction of sp³-hybridized carbons (Fsp3) is 0.176. The third-order valence-electron chi connectivity index (χ3n) is 3.31. The van der Waals surface area contributed by atoms with Crippen LogP contribution in [0.3, 0.4) is 0 Å². The second-order valence-electron chi connectivity index (χ2n) is 4.79. The maximum absolute atomic E-state index is 5.40. The van der Waals surface area contributed by atoms with Crippen molar-refractivity contribution in [3.05, 3.63) is 70.8 Å². The molecule has 3 aromatic rings. The fourth-order valence-electron chi connectivity index (χ4n) is 2.15. The van der Waals surface area contributed by atoms with E-state index in [1.807, 2.05) is 18.2 Å². The van der Waals surface area contributed by atoms with Crippen molar-refractivity contribution in [3.63, 3.8) is 0 Å². The number of hydrogen-bond acceptors (Lipinski definition) is 3. The second kappa shape index (κ2) is 6.07. The first-order valence-electron chi connectivity index (χ1n) is 6.72. The van der Waals surface area contributed by atoms with Crippen molar-refractivity contribution < 1.29 is 4.42 Å². The van der Waals surface area contributed by atoms with Crippen LogP contribution >= 0.6 is 11.3 Å². The van der Waals surface area contributed by atoms with Gasteiger partial charge >= 0.3 is 0 Å². The first-order valence-corrected chi connectivity index (χ1v) is 7.60. The van der Waals surface area contributed by atoms with Crippen molar-refractivity contribution in [3.8, 4) is 11.1 Å². The molecule has 2 heterocycles. The summed E-state index contributed by atoms with van der Waals surface area (Å²) in [7, 11) is 0. The topological polar surface area (TPSA) is 25.2 Å². The summed E-state index contributed by atoms with van der Waals surface area (Å²) < 4.78 is 5.40. The number of thiophene rings is 1. The largest absolute Gasteiger partial charge is 0.468 e. The molecule has 1 N–H and O–H groups in total. The lowest BCUT2D eigenvalue weighted by Gasteiger charge is -2.09. The molecule has 3 rings (SSSR count). The van der Waals surface area contributed by atoms with Gasteiger partial charge in [0.2, 0.25) is 0 Å². The van der Waals surface area contributed by atoms with Crippen LogP contribution in [0.15, 0.2) is 64.6 Å². The lowest BCUT2D eigenvalue weighted by Crippen LogP contribution is -2.16. The van der Waals surface area contributed by atoms with Gasteiger partial charge in [-0.3, -0.25) is 0 Å². The van der Waals surface area contributed by atoms with Crippen LogP contribution in [0, 0.1) is 0 Å². The van der Waals surface area contributed by atoms with Gasteiger partial charge in [0, 0.05) is 11.4 Å². The summed E-state index contributed by atoms with van der Waals surface area (Å²) in [5.41, 5.74) is 2.56. The predicted molar refractivity (Wildman–Crippen MR) is 83.7 cm³/mol. The van der Waals surface area contributed by atoms with Gasteiger partial charge < -0.3 is 9.73 Å². The molecule has 20 heavy (non-hydrogen) atoms. The summed E-state index contributed by atoms with van der Waals surface area (Å²) >= 11 is 1.79. The van der Waals surface area contributed by atoms with Crippen molar-refractivity contribution in [1.82, 2.24) is 5.32 Å². The molecule has 3 heteroatoms. The summed E-state index contributed by atoms with van der Waals surface area (Å²) in [5.74, 6) is 0.977. The Hall–Kier alpha value is -1.84. The van der Waals surface area contributed by atoms with Crippen LogP contribution in [-0.4, -0.2) is 0 Å². The molecule has 0 saturated heterocycles. The summed E-state index contributed by atoms with van der Waals surface area (Å²) in [4.78, 5) is 1.34. The van der Waals surface area contributed by atoms with E-state index in [0.29, 0.717) is 0 Å². The Morgan fingerprint density at radius 3 is 2.70 bits per heavy atom. The van der Waals surface area contributed by atoms with E-state index >= 15 is 0 Å². The van der Waals surface area contributed by atoms with Gasteiger partial charge in [0.25, 0.3) is 0 Å². The zero-order valence-corrected chi connectivity index (χ0v) is 12.2. The maximum Gasteiger partial charge on any atom is 0.120 e. The van der Waals surface area contributed by atoms with E-state index in [1.165, 1.54) is 16.0 Å². The Balaban J connectivity index is 1.63. The quantitative estimate of drug-likeness (QED) is 0.723. The molecule has 0 spiro atoms. The van der Waals surface area contributed by atoms with Crippen molar-refractivity contribution in [2.24, 2.45) is 0 Å². The predicted octanol–water partition coefficient (Wildman–Crippen LogP) is 4.86. The van der Waals surface area contributed by atoms with E-state index in [2.05, 4.69) is 48.0 Å². The Morgan fingerprint density at radius 1 is 1.10 bits per heavy atom. The lowest BCUT2D eigenvalue weighted by molar-refractivity contribution is 0.431. The van der Waals surface area contributed by atoms with Crippen LogP contribution in [0.1, 0.15) is 23.6 Å². The molecule has 0 amide bonds. The van der Waals surface area contributed by atoms with E-state index in [-0.39, 0.29) is 6.04 Å². The monoisotopic (exact) mass is 283 g/mol. The second-order valence-corrected chi connectivity index (χ2v) is 5.78. The highest BCUT2D eigenvalue weighted by atomic mass is 32.1. The first kappa shape index (κ1) is 13.2. The van der Waals surface area contributed by atoms with E-state index in [4.69, 9.17) is 4.42 Å². The molecule has 1 atom stereocenters. The minimum absolute atomic E-state index is 0.229. The SMILES string of the molecule is C[C@@H](NCc1cc(-c2ccccc2)cs1)c1ccco1. The zero-order chi connectivity index (χ0) is 13.8. The summed E-state index contributed by atoms with van der Waals surface area (Å²) in [5, 5.41) is 5.69. The van der Waals surface area contributed by atoms with Crippen LogP contribution in [-0.2, 0) is 6.54 Å². The number of hydrogen-bond donors (Lipinski definition) is 1. The summed E-state index contributed by atoms with van der Waals surface area (Å²) in [6, 6.07) is 16.9. The zero-order valence-electron chi connectivity index (χ0n) is 11.4. The normalized spacial score (nSPS) is 12.4. The van der Waals surface area contributed by atoms with E-state index in [9.17, 15) is 0 Å². The van der Waals surface area contributed by atoms with Crippen LogP contribution in [0.2, 0.25) is 0 Å². The molecule has 102 valence electrons. The van der Waals surface area contributed by atoms with Gasteiger partial charge in [-0.15, -0.1) is 11.3 Å². The van der Waals surface area contributed by atoms with Crippen LogP contribution in [0.5, 0.6) is 0 Å². The Labute approximate surface area is 123 Å². The lowest BCUT2D eigenvalue weighted by atomic mass is 10.1. The van der Waals surface area contributed by atoms with E-state index in [1.54, 1.807) is 17.6 Å². The van der Waals surface area contributed by atoms with Crippen molar-refractivity contribution in [1.29, 1.82) is 0 Å². The molecule has 0 bridgehead atoms. The average molecular weight is 283 g/mol. The standard InChI is InChI=1S/C17H17NOS/c1-13(17-8-5-9-19-17)18-11-16-10-15(12-20-16)14-6-3-2-4-7-14/h2-10,12-13,18H,11H2,1H3/t13-/m1/s1. The highest BCUT2D eigenvalue weighted by Crippen LogP contribution is 2.25. The highest BCUT2D eigenvalue weighted by Gasteiger charge is 2.08. The van der Waals surface area contributed by atoms with E-state index in [0.717, 1.165) is 12.3 Å². The number of nitrogens with one attached hydrogen (secondary N) is 1. The van der Waals surface area contributed by atoms with Crippen LogP contribution in [0.25, 0.3) is 11.1 Å². The van der Waals surface area contributed by atoms with Gasteiger partial charge in [0.05, 0.1) is 12.3 Å². The molecule has 1 aromatic carbocycles. The molecule has 0 aliphatic carbocycles. The van der Waals surface area contributed by atoms with Gasteiger partial charge in [-0.2, -0.15) is 0 Å². The number of furan rings is 1. The van der Waals surface area contributed by atoms with Gasteiger partial charge in [0.15, 0.2) is 0 Å². The van der Waals surface area contributed by atoms with Crippen molar-refractivity contribution >= 4 is 11.3 Å². The van der Waals surface area contributed by atoms with E-state index < -0.39 is 0 Å². The van der Waals surface area contributed by atoms with Gasteiger partial charge in [0.1, 0.15) is 5.76 Å². The Kier molecular flexibility index (Phi) is 4.00.